The Hall–Kier alpha value is -0.390. The molecule has 15 heavy (non-hydrogen) atoms. The SMILES string of the molecule is C[C@@H](CCC=C[C@@H]1CCCO1)S(N)(=O)=O. The summed E-state index contributed by atoms with van der Waals surface area (Å²) in [5, 5.41) is 4.54. The van der Waals surface area contributed by atoms with Gasteiger partial charge in [-0.1, -0.05) is 12.2 Å². The first-order valence-electron chi connectivity index (χ1n) is 5.30. The van der Waals surface area contributed by atoms with Crippen LogP contribution in [-0.2, 0) is 14.8 Å². The first-order chi connectivity index (χ1) is 7.00. The Balaban J connectivity index is 2.20. The third-order valence-corrected chi connectivity index (χ3v) is 3.97. The van der Waals surface area contributed by atoms with Crippen molar-refractivity contribution < 1.29 is 13.2 Å². The molecule has 0 amide bonds. The third kappa shape index (κ3) is 4.77. The molecule has 1 saturated heterocycles. The van der Waals surface area contributed by atoms with Crippen LogP contribution in [0.15, 0.2) is 12.2 Å². The molecule has 5 heteroatoms. The van der Waals surface area contributed by atoms with Gasteiger partial charge in [0.2, 0.25) is 10.0 Å². The highest BCUT2D eigenvalue weighted by atomic mass is 32.2. The molecule has 1 fully saturated rings. The number of nitrogens with two attached hydrogens (primary N) is 1. The molecular formula is C10H19NO3S. The van der Waals surface area contributed by atoms with Gasteiger partial charge >= 0.3 is 0 Å². The van der Waals surface area contributed by atoms with Gasteiger partial charge in [0, 0.05) is 6.61 Å². The molecule has 0 spiro atoms. The largest absolute Gasteiger partial charge is 0.374 e. The molecule has 4 nitrogen and oxygen atoms in total. The van der Waals surface area contributed by atoms with Crippen molar-refractivity contribution in [1.82, 2.24) is 0 Å². The minimum atomic E-state index is -3.37. The van der Waals surface area contributed by atoms with Gasteiger partial charge in [0.1, 0.15) is 0 Å². The number of hydrogen-bond donors (Lipinski definition) is 1. The molecular weight excluding hydrogens is 214 g/mol. The van der Waals surface area contributed by atoms with Crippen LogP contribution >= 0.6 is 0 Å². The number of allylic oxidation sites excluding steroid dienone is 1. The number of sulfonamides is 1. The van der Waals surface area contributed by atoms with E-state index in [1.807, 2.05) is 12.2 Å². The smallest absolute Gasteiger partial charge is 0.211 e. The normalized spacial score (nSPS) is 24.8. The molecule has 0 bridgehead atoms. The number of primary sulfonamides is 1. The second-order valence-corrected chi connectivity index (χ2v) is 5.94. The number of rotatable bonds is 5. The maximum Gasteiger partial charge on any atom is 0.211 e. The Morgan fingerprint density at radius 2 is 2.33 bits per heavy atom. The second-order valence-electron chi connectivity index (χ2n) is 3.96. The Labute approximate surface area is 91.5 Å². The van der Waals surface area contributed by atoms with Crippen molar-refractivity contribution in [1.29, 1.82) is 0 Å². The van der Waals surface area contributed by atoms with Crippen LogP contribution in [0.25, 0.3) is 0 Å². The molecule has 2 N–H and O–H groups in total. The Morgan fingerprint density at radius 1 is 1.60 bits per heavy atom. The van der Waals surface area contributed by atoms with Crippen molar-refractivity contribution in [3.05, 3.63) is 12.2 Å². The van der Waals surface area contributed by atoms with Gasteiger partial charge < -0.3 is 4.74 Å². The van der Waals surface area contributed by atoms with E-state index >= 15 is 0 Å². The molecule has 1 rings (SSSR count). The predicted molar refractivity (Wildman–Crippen MR) is 59.9 cm³/mol. The van der Waals surface area contributed by atoms with Gasteiger partial charge in [0.05, 0.1) is 11.4 Å². The van der Waals surface area contributed by atoms with E-state index in [1.54, 1.807) is 6.92 Å². The molecule has 0 radical (unpaired) electrons. The standard InChI is InChI=1S/C10H19NO3S/c1-9(15(11,12)13)5-2-3-6-10-7-4-8-14-10/h3,6,9-10H,2,4-5,7-8H2,1H3,(H2,11,12,13)/t9-,10+/m0/s1. The first kappa shape index (κ1) is 12.7. The van der Waals surface area contributed by atoms with Gasteiger partial charge in [0.25, 0.3) is 0 Å². The van der Waals surface area contributed by atoms with Crippen LogP contribution in [0.4, 0.5) is 0 Å². The zero-order chi connectivity index (χ0) is 11.3. The van der Waals surface area contributed by atoms with Crippen molar-refractivity contribution in [3.63, 3.8) is 0 Å². The maximum atomic E-state index is 10.9. The lowest BCUT2D eigenvalue weighted by molar-refractivity contribution is 0.145. The molecule has 1 aliphatic rings. The molecule has 0 aromatic rings. The highest BCUT2D eigenvalue weighted by molar-refractivity contribution is 7.89. The van der Waals surface area contributed by atoms with Crippen LogP contribution in [0.1, 0.15) is 32.6 Å². The van der Waals surface area contributed by atoms with Gasteiger partial charge in [-0.15, -0.1) is 0 Å². The fourth-order valence-electron chi connectivity index (χ4n) is 1.50. The van der Waals surface area contributed by atoms with Gasteiger partial charge in [-0.3, -0.25) is 0 Å². The van der Waals surface area contributed by atoms with Gasteiger partial charge in [-0.25, -0.2) is 13.6 Å². The fraction of sp³-hybridized carbons (Fsp3) is 0.800. The van der Waals surface area contributed by atoms with E-state index in [2.05, 4.69) is 0 Å². The topological polar surface area (TPSA) is 69.4 Å². The summed E-state index contributed by atoms with van der Waals surface area (Å²) in [6.07, 6.45) is 7.72. The van der Waals surface area contributed by atoms with Crippen LogP contribution in [0, 0.1) is 0 Å². The molecule has 0 aromatic carbocycles. The lowest BCUT2D eigenvalue weighted by atomic mass is 10.2. The molecule has 2 atom stereocenters. The Bertz CT molecular complexity index is 305. The van der Waals surface area contributed by atoms with Crippen molar-refractivity contribution in [2.75, 3.05) is 6.61 Å². The first-order valence-corrected chi connectivity index (χ1v) is 6.91. The van der Waals surface area contributed by atoms with Crippen LogP contribution in [0.2, 0.25) is 0 Å². The summed E-state index contributed by atoms with van der Waals surface area (Å²) in [5.74, 6) is 0. The number of ether oxygens (including phenoxy) is 1. The lowest BCUT2D eigenvalue weighted by Crippen LogP contribution is -2.25. The van der Waals surface area contributed by atoms with E-state index in [-0.39, 0.29) is 6.10 Å². The quantitative estimate of drug-likeness (QED) is 0.725. The van der Waals surface area contributed by atoms with E-state index < -0.39 is 15.3 Å². The molecule has 0 aliphatic carbocycles. The van der Waals surface area contributed by atoms with Gasteiger partial charge in [-0.2, -0.15) is 0 Å². The summed E-state index contributed by atoms with van der Waals surface area (Å²) in [6, 6.07) is 0. The predicted octanol–water partition coefficient (Wildman–Crippen LogP) is 1.18. The fourth-order valence-corrected chi connectivity index (χ4v) is 1.96. The lowest BCUT2D eigenvalue weighted by Gasteiger charge is -2.06. The van der Waals surface area contributed by atoms with Crippen LogP contribution in [0.5, 0.6) is 0 Å². The molecule has 88 valence electrons. The van der Waals surface area contributed by atoms with Gasteiger partial charge in [0.15, 0.2) is 0 Å². The monoisotopic (exact) mass is 233 g/mol. The van der Waals surface area contributed by atoms with Crippen LogP contribution in [0.3, 0.4) is 0 Å². The van der Waals surface area contributed by atoms with E-state index in [4.69, 9.17) is 9.88 Å². The average molecular weight is 233 g/mol. The van der Waals surface area contributed by atoms with Gasteiger partial charge in [-0.05, 0) is 32.6 Å². The highest BCUT2D eigenvalue weighted by Crippen LogP contribution is 2.14. The average Bonchev–Trinajstić information content (AvgIpc) is 2.63. The zero-order valence-electron chi connectivity index (χ0n) is 9.06. The number of hydrogen-bond acceptors (Lipinski definition) is 3. The minimum absolute atomic E-state index is 0.231. The maximum absolute atomic E-state index is 10.9. The van der Waals surface area contributed by atoms with Crippen molar-refractivity contribution in [2.45, 2.75) is 44.0 Å². The van der Waals surface area contributed by atoms with Crippen LogP contribution in [-0.4, -0.2) is 26.4 Å². The van der Waals surface area contributed by atoms with Crippen molar-refractivity contribution in [2.24, 2.45) is 5.14 Å². The molecule has 0 saturated carbocycles. The zero-order valence-corrected chi connectivity index (χ0v) is 9.87. The van der Waals surface area contributed by atoms with E-state index in [0.717, 1.165) is 25.9 Å². The summed E-state index contributed by atoms with van der Waals surface area (Å²) in [6.45, 7) is 2.47. The second kappa shape index (κ2) is 5.63. The van der Waals surface area contributed by atoms with Crippen molar-refractivity contribution >= 4 is 10.0 Å². The molecule has 0 unspecified atom stereocenters. The summed E-state index contributed by atoms with van der Waals surface area (Å²) in [7, 11) is -3.37. The minimum Gasteiger partial charge on any atom is -0.374 e. The summed E-state index contributed by atoms with van der Waals surface area (Å²) < 4.78 is 27.2. The molecule has 1 aliphatic heterocycles. The summed E-state index contributed by atoms with van der Waals surface area (Å²) in [5.41, 5.74) is 0. The van der Waals surface area contributed by atoms with Crippen LogP contribution < -0.4 is 5.14 Å². The van der Waals surface area contributed by atoms with E-state index in [9.17, 15) is 8.42 Å². The Morgan fingerprint density at radius 3 is 2.87 bits per heavy atom. The van der Waals surface area contributed by atoms with E-state index in [0.29, 0.717) is 6.42 Å². The van der Waals surface area contributed by atoms with Crippen molar-refractivity contribution in [3.8, 4) is 0 Å². The molecule has 0 aromatic heterocycles. The molecule has 1 heterocycles. The third-order valence-electron chi connectivity index (χ3n) is 2.62. The Kier molecular flexibility index (Phi) is 4.76. The summed E-state index contributed by atoms with van der Waals surface area (Å²) >= 11 is 0. The summed E-state index contributed by atoms with van der Waals surface area (Å²) in [4.78, 5) is 0. The van der Waals surface area contributed by atoms with E-state index in [1.165, 1.54) is 0 Å². The highest BCUT2D eigenvalue weighted by Gasteiger charge is 2.14.